The van der Waals surface area contributed by atoms with Crippen molar-refractivity contribution in [1.82, 2.24) is 0 Å². The maximum absolute atomic E-state index is 13.4. The molecule has 0 saturated heterocycles. The predicted octanol–water partition coefficient (Wildman–Crippen LogP) is 3.93. The van der Waals surface area contributed by atoms with Crippen molar-refractivity contribution < 1.29 is 18.7 Å². The van der Waals surface area contributed by atoms with Gasteiger partial charge in [0.1, 0.15) is 11.6 Å². The number of halogens is 3. The zero-order valence-electron chi connectivity index (χ0n) is 10.2. The minimum atomic E-state index is -1.17. The van der Waals surface area contributed by atoms with Gasteiger partial charge in [0.2, 0.25) is 0 Å². The van der Waals surface area contributed by atoms with Crippen LogP contribution in [0.15, 0.2) is 36.4 Å². The van der Waals surface area contributed by atoms with E-state index in [1.54, 1.807) is 0 Å². The summed E-state index contributed by atoms with van der Waals surface area (Å²) in [5, 5.41) is 11.8. The molecule has 0 heterocycles. The predicted molar refractivity (Wildman–Crippen MR) is 72.1 cm³/mol. The van der Waals surface area contributed by atoms with Gasteiger partial charge in [-0.25, -0.2) is 13.6 Å². The van der Waals surface area contributed by atoms with Gasteiger partial charge >= 0.3 is 5.97 Å². The van der Waals surface area contributed by atoms with Crippen LogP contribution in [0.2, 0.25) is 5.02 Å². The van der Waals surface area contributed by atoms with Gasteiger partial charge in [0.05, 0.1) is 10.6 Å². The maximum Gasteiger partial charge on any atom is 0.337 e. The SMILES string of the molecule is O=C(O)c1cc(NCc2c(F)cccc2F)ccc1Cl. The summed E-state index contributed by atoms with van der Waals surface area (Å²) in [7, 11) is 0. The standard InChI is InChI=1S/C14H10ClF2NO2/c15-11-5-4-8(6-9(11)14(19)20)18-7-10-12(16)2-1-3-13(10)17/h1-6,18H,7H2,(H,19,20). The molecule has 104 valence electrons. The number of carbonyl (C=O) groups is 1. The summed E-state index contributed by atoms with van der Waals surface area (Å²) in [5.74, 6) is -2.49. The second kappa shape index (κ2) is 5.88. The summed E-state index contributed by atoms with van der Waals surface area (Å²) in [6, 6.07) is 7.84. The van der Waals surface area contributed by atoms with Crippen LogP contribution in [0.25, 0.3) is 0 Å². The third-order valence-corrected chi connectivity index (χ3v) is 3.06. The average molecular weight is 298 g/mol. The normalized spacial score (nSPS) is 10.3. The van der Waals surface area contributed by atoms with Gasteiger partial charge in [-0.15, -0.1) is 0 Å². The molecule has 0 fully saturated rings. The summed E-state index contributed by atoms with van der Waals surface area (Å²) < 4.78 is 26.9. The zero-order chi connectivity index (χ0) is 14.7. The molecule has 0 bridgehead atoms. The number of hydrogen-bond acceptors (Lipinski definition) is 2. The molecule has 0 aliphatic rings. The fraction of sp³-hybridized carbons (Fsp3) is 0.0714. The third kappa shape index (κ3) is 3.05. The molecule has 0 atom stereocenters. The molecule has 0 aliphatic carbocycles. The topological polar surface area (TPSA) is 49.3 Å². The van der Waals surface area contributed by atoms with Crippen molar-refractivity contribution in [3.8, 4) is 0 Å². The third-order valence-electron chi connectivity index (χ3n) is 2.73. The van der Waals surface area contributed by atoms with Crippen molar-refractivity contribution in [1.29, 1.82) is 0 Å². The van der Waals surface area contributed by atoms with Crippen LogP contribution < -0.4 is 5.32 Å². The van der Waals surface area contributed by atoms with Crippen LogP contribution in [0.3, 0.4) is 0 Å². The lowest BCUT2D eigenvalue weighted by molar-refractivity contribution is 0.0697. The molecule has 2 N–H and O–H groups in total. The Morgan fingerprint density at radius 2 is 1.85 bits per heavy atom. The Labute approximate surface area is 118 Å². The van der Waals surface area contributed by atoms with Gasteiger partial charge in [-0.05, 0) is 30.3 Å². The van der Waals surface area contributed by atoms with Crippen LogP contribution in [0, 0.1) is 11.6 Å². The van der Waals surface area contributed by atoms with Gasteiger partial charge < -0.3 is 10.4 Å². The molecule has 20 heavy (non-hydrogen) atoms. The number of aromatic carboxylic acids is 1. The number of benzene rings is 2. The molecule has 0 unspecified atom stereocenters. The zero-order valence-corrected chi connectivity index (χ0v) is 10.9. The highest BCUT2D eigenvalue weighted by Gasteiger charge is 2.11. The first kappa shape index (κ1) is 14.3. The summed E-state index contributed by atoms with van der Waals surface area (Å²) in [4.78, 5) is 10.9. The van der Waals surface area contributed by atoms with Gasteiger partial charge in [0.15, 0.2) is 0 Å². The Kier molecular flexibility index (Phi) is 4.20. The van der Waals surface area contributed by atoms with Gasteiger partial charge in [-0.2, -0.15) is 0 Å². The summed E-state index contributed by atoms with van der Waals surface area (Å²) >= 11 is 5.73. The minimum absolute atomic E-state index is 0.0781. The van der Waals surface area contributed by atoms with Crippen LogP contribution in [-0.4, -0.2) is 11.1 Å². The maximum atomic E-state index is 13.4. The molecule has 0 amide bonds. The number of carboxylic acids is 1. The van der Waals surface area contributed by atoms with Crippen molar-refractivity contribution in [3.63, 3.8) is 0 Å². The van der Waals surface area contributed by atoms with E-state index in [-0.39, 0.29) is 22.7 Å². The van der Waals surface area contributed by atoms with Crippen LogP contribution >= 0.6 is 11.6 Å². The summed E-state index contributed by atoms with van der Waals surface area (Å²) in [5.41, 5.74) is 0.222. The Hall–Kier alpha value is -2.14. The second-order valence-corrected chi connectivity index (χ2v) is 4.46. The van der Waals surface area contributed by atoms with E-state index in [2.05, 4.69) is 5.32 Å². The Morgan fingerprint density at radius 1 is 1.20 bits per heavy atom. The molecule has 0 saturated carbocycles. The van der Waals surface area contributed by atoms with Crippen LogP contribution in [0.1, 0.15) is 15.9 Å². The lowest BCUT2D eigenvalue weighted by Crippen LogP contribution is -2.06. The van der Waals surface area contributed by atoms with E-state index in [1.807, 2.05) is 0 Å². The molecule has 0 spiro atoms. The molecule has 0 aromatic heterocycles. The van der Waals surface area contributed by atoms with Gasteiger partial charge in [0.25, 0.3) is 0 Å². The fourth-order valence-corrected chi connectivity index (χ4v) is 1.89. The van der Waals surface area contributed by atoms with E-state index in [4.69, 9.17) is 16.7 Å². The second-order valence-electron chi connectivity index (χ2n) is 4.05. The number of rotatable bonds is 4. The van der Waals surface area contributed by atoms with Crippen molar-refractivity contribution in [3.05, 3.63) is 64.2 Å². The average Bonchev–Trinajstić information content (AvgIpc) is 2.39. The molecule has 2 rings (SSSR count). The van der Waals surface area contributed by atoms with Crippen LogP contribution in [0.4, 0.5) is 14.5 Å². The molecule has 0 radical (unpaired) electrons. The first-order chi connectivity index (χ1) is 9.49. The van der Waals surface area contributed by atoms with Gasteiger partial charge in [-0.3, -0.25) is 0 Å². The Bertz CT molecular complexity index is 641. The minimum Gasteiger partial charge on any atom is -0.478 e. The molecule has 6 heteroatoms. The number of hydrogen-bond donors (Lipinski definition) is 2. The summed E-state index contributed by atoms with van der Waals surface area (Å²) in [6.45, 7) is -0.0980. The number of carboxylic acid groups (broad SMARTS) is 1. The van der Waals surface area contributed by atoms with E-state index in [0.717, 1.165) is 12.1 Å². The van der Waals surface area contributed by atoms with Gasteiger partial charge in [-0.1, -0.05) is 17.7 Å². The highest BCUT2D eigenvalue weighted by atomic mass is 35.5. The molecule has 0 aliphatic heterocycles. The first-order valence-electron chi connectivity index (χ1n) is 5.68. The largest absolute Gasteiger partial charge is 0.478 e. The van der Waals surface area contributed by atoms with E-state index in [1.165, 1.54) is 24.3 Å². The number of nitrogens with one attached hydrogen (secondary N) is 1. The summed E-state index contributed by atoms with van der Waals surface area (Å²) in [6.07, 6.45) is 0. The van der Waals surface area contributed by atoms with E-state index < -0.39 is 17.6 Å². The monoisotopic (exact) mass is 297 g/mol. The van der Waals surface area contributed by atoms with Crippen molar-refractivity contribution >= 4 is 23.3 Å². The van der Waals surface area contributed by atoms with E-state index >= 15 is 0 Å². The van der Waals surface area contributed by atoms with Crippen molar-refractivity contribution in [2.75, 3.05) is 5.32 Å². The van der Waals surface area contributed by atoms with E-state index in [0.29, 0.717) is 5.69 Å². The molecular weight excluding hydrogens is 288 g/mol. The number of anilines is 1. The smallest absolute Gasteiger partial charge is 0.337 e. The highest BCUT2D eigenvalue weighted by molar-refractivity contribution is 6.33. The molecular formula is C14H10ClF2NO2. The Balaban J connectivity index is 2.19. The lowest BCUT2D eigenvalue weighted by Gasteiger charge is -2.09. The first-order valence-corrected chi connectivity index (χ1v) is 6.06. The molecule has 2 aromatic rings. The fourth-order valence-electron chi connectivity index (χ4n) is 1.69. The lowest BCUT2D eigenvalue weighted by atomic mass is 10.1. The highest BCUT2D eigenvalue weighted by Crippen LogP contribution is 2.21. The molecule has 3 nitrogen and oxygen atoms in total. The molecule has 2 aromatic carbocycles. The quantitative estimate of drug-likeness (QED) is 0.899. The Morgan fingerprint density at radius 3 is 2.45 bits per heavy atom. The van der Waals surface area contributed by atoms with E-state index in [9.17, 15) is 13.6 Å². The van der Waals surface area contributed by atoms with Crippen molar-refractivity contribution in [2.24, 2.45) is 0 Å². The van der Waals surface area contributed by atoms with Crippen LogP contribution in [-0.2, 0) is 6.54 Å². The van der Waals surface area contributed by atoms with Gasteiger partial charge in [0, 0.05) is 17.8 Å². The van der Waals surface area contributed by atoms with Crippen LogP contribution in [0.5, 0.6) is 0 Å². The van der Waals surface area contributed by atoms with Crippen molar-refractivity contribution in [2.45, 2.75) is 6.54 Å².